The van der Waals surface area contributed by atoms with Crippen molar-refractivity contribution in [2.24, 2.45) is 0 Å². The van der Waals surface area contributed by atoms with E-state index in [4.69, 9.17) is 4.42 Å². The van der Waals surface area contributed by atoms with Crippen molar-refractivity contribution >= 4 is 23.3 Å². The molecule has 11 nitrogen and oxygen atoms in total. The first kappa shape index (κ1) is 18.5. The smallest absolute Gasteiger partial charge is 0.322 e. The van der Waals surface area contributed by atoms with Gasteiger partial charge in [0.2, 0.25) is 0 Å². The van der Waals surface area contributed by atoms with Crippen molar-refractivity contribution in [1.29, 1.82) is 0 Å². The highest BCUT2D eigenvalue weighted by atomic mass is 19.1. The highest BCUT2D eigenvalue weighted by Crippen LogP contribution is 2.25. The number of anilines is 1. The largest absolute Gasteiger partial charge is 0.403 e. The Bertz CT molecular complexity index is 1080. The summed E-state index contributed by atoms with van der Waals surface area (Å²) in [6.45, 7) is 0. The van der Waals surface area contributed by atoms with Crippen molar-refractivity contribution in [2.45, 2.75) is 0 Å². The standard InChI is InChI=1S/C15H7F2N5O6/c16-8-1-2-11(12(17)5-8)14-19-20-15(28-14)18-13(23)7-3-9(21(24)25)6-10(4-7)22(26)27/h1-6H,(H,18,20,23). The van der Waals surface area contributed by atoms with Gasteiger partial charge in [0.25, 0.3) is 23.2 Å². The Morgan fingerprint density at radius 2 is 1.64 bits per heavy atom. The van der Waals surface area contributed by atoms with Crippen LogP contribution in [0.25, 0.3) is 11.5 Å². The Labute approximate surface area is 152 Å². The topological polar surface area (TPSA) is 154 Å². The van der Waals surface area contributed by atoms with E-state index in [1.54, 1.807) is 0 Å². The van der Waals surface area contributed by atoms with Crippen LogP contribution in [-0.4, -0.2) is 26.0 Å². The lowest BCUT2D eigenvalue weighted by atomic mass is 10.1. The maximum absolute atomic E-state index is 13.7. The summed E-state index contributed by atoms with van der Waals surface area (Å²) in [5.41, 5.74) is -1.97. The minimum Gasteiger partial charge on any atom is -0.403 e. The highest BCUT2D eigenvalue weighted by Gasteiger charge is 2.21. The van der Waals surface area contributed by atoms with Gasteiger partial charge >= 0.3 is 6.01 Å². The third kappa shape index (κ3) is 3.77. The molecule has 0 spiro atoms. The second-order valence-corrected chi connectivity index (χ2v) is 5.24. The predicted octanol–water partition coefficient (Wildman–Crippen LogP) is 3.08. The number of nitrogens with one attached hydrogen (secondary N) is 1. The number of nitro groups is 2. The van der Waals surface area contributed by atoms with Crippen molar-refractivity contribution in [3.8, 4) is 11.5 Å². The molecule has 1 amide bonds. The van der Waals surface area contributed by atoms with Gasteiger partial charge < -0.3 is 4.42 Å². The summed E-state index contributed by atoms with van der Waals surface area (Å²) in [6.07, 6.45) is 0. The number of carbonyl (C=O) groups is 1. The van der Waals surface area contributed by atoms with Crippen molar-refractivity contribution in [3.63, 3.8) is 0 Å². The number of benzene rings is 2. The third-order valence-electron chi connectivity index (χ3n) is 3.39. The molecule has 3 rings (SSSR count). The molecule has 1 heterocycles. The Morgan fingerprint density at radius 1 is 1.00 bits per heavy atom. The first-order chi connectivity index (χ1) is 13.2. The summed E-state index contributed by atoms with van der Waals surface area (Å²) < 4.78 is 31.7. The molecule has 28 heavy (non-hydrogen) atoms. The van der Waals surface area contributed by atoms with E-state index in [0.717, 1.165) is 24.3 Å². The van der Waals surface area contributed by atoms with Crippen LogP contribution in [0.15, 0.2) is 40.8 Å². The number of nitrogens with zero attached hydrogens (tertiary/aromatic N) is 4. The SMILES string of the molecule is O=C(Nc1nnc(-c2ccc(F)cc2F)o1)c1cc([N+](=O)[O-])cc([N+](=O)[O-])c1. The number of hydrogen-bond acceptors (Lipinski definition) is 8. The zero-order valence-corrected chi connectivity index (χ0v) is 13.5. The third-order valence-corrected chi connectivity index (χ3v) is 3.39. The number of nitro benzene ring substituents is 2. The molecule has 0 unspecified atom stereocenters. The van der Waals surface area contributed by atoms with Crippen LogP contribution in [0.1, 0.15) is 10.4 Å². The number of non-ortho nitro benzene ring substituents is 2. The summed E-state index contributed by atoms with van der Waals surface area (Å²) in [5, 5.41) is 30.8. The Hall–Kier alpha value is -4.29. The number of halogens is 2. The molecular weight excluding hydrogens is 384 g/mol. The monoisotopic (exact) mass is 391 g/mol. The fourth-order valence-corrected chi connectivity index (χ4v) is 2.15. The Balaban J connectivity index is 1.87. The summed E-state index contributed by atoms with van der Waals surface area (Å²) in [5.74, 6) is -3.17. The summed E-state index contributed by atoms with van der Waals surface area (Å²) in [7, 11) is 0. The lowest BCUT2D eigenvalue weighted by molar-refractivity contribution is -0.394. The molecule has 0 aliphatic heterocycles. The highest BCUT2D eigenvalue weighted by molar-refractivity contribution is 6.04. The van der Waals surface area contributed by atoms with E-state index >= 15 is 0 Å². The molecule has 0 aliphatic carbocycles. The average molecular weight is 391 g/mol. The van der Waals surface area contributed by atoms with Gasteiger partial charge in [0.05, 0.1) is 27.0 Å². The second-order valence-electron chi connectivity index (χ2n) is 5.24. The van der Waals surface area contributed by atoms with Gasteiger partial charge in [-0.05, 0) is 12.1 Å². The van der Waals surface area contributed by atoms with E-state index in [1.807, 2.05) is 0 Å². The van der Waals surface area contributed by atoms with Gasteiger partial charge in [-0.3, -0.25) is 30.3 Å². The Morgan fingerprint density at radius 3 is 2.21 bits per heavy atom. The molecule has 0 saturated heterocycles. The van der Waals surface area contributed by atoms with Crippen LogP contribution in [0.3, 0.4) is 0 Å². The molecule has 0 fully saturated rings. The van der Waals surface area contributed by atoms with Crippen LogP contribution in [0.4, 0.5) is 26.2 Å². The van der Waals surface area contributed by atoms with Crippen LogP contribution < -0.4 is 5.32 Å². The molecule has 3 aromatic rings. The second kappa shape index (κ2) is 7.14. The zero-order valence-electron chi connectivity index (χ0n) is 13.5. The van der Waals surface area contributed by atoms with Crippen LogP contribution in [0.5, 0.6) is 0 Å². The first-order valence-corrected chi connectivity index (χ1v) is 7.29. The minimum absolute atomic E-state index is 0.222. The maximum atomic E-state index is 13.7. The maximum Gasteiger partial charge on any atom is 0.322 e. The van der Waals surface area contributed by atoms with E-state index < -0.39 is 50.3 Å². The molecule has 142 valence electrons. The van der Waals surface area contributed by atoms with E-state index in [-0.39, 0.29) is 11.5 Å². The summed E-state index contributed by atoms with van der Waals surface area (Å²) in [6, 6.07) is 4.44. The normalized spacial score (nSPS) is 10.5. The van der Waals surface area contributed by atoms with E-state index in [2.05, 4.69) is 15.5 Å². The predicted molar refractivity (Wildman–Crippen MR) is 87.4 cm³/mol. The van der Waals surface area contributed by atoms with Crippen molar-refractivity contribution in [2.75, 3.05) is 5.32 Å². The fraction of sp³-hybridized carbons (Fsp3) is 0. The molecular formula is C15H7F2N5O6. The number of hydrogen-bond donors (Lipinski definition) is 1. The van der Waals surface area contributed by atoms with Gasteiger partial charge in [0.15, 0.2) is 0 Å². The Kier molecular flexibility index (Phi) is 4.72. The van der Waals surface area contributed by atoms with E-state index in [0.29, 0.717) is 12.1 Å². The molecule has 0 radical (unpaired) electrons. The van der Waals surface area contributed by atoms with Gasteiger partial charge in [0.1, 0.15) is 11.6 Å². The molecule has 0 atom stereocenters. The van der Waals surface area contributed by atoms with Crippen molar-refractivity contribution in [1.82, 2.24) is 10.2 Å². The van der Waals surface area contributed by atoms with Gasteiger partial charge in [-0.1, -0.05) is 5.10 Å². The van der Waals surface area contributed by atoms with Gasteiger partial charge in [-0.25, -0.2) is 8.78 Å². The number of amides is 1. The van der Waals surface area contributed by atoms with E-state index in [1.165, 1.54) is 0 Å². The molecule has 1 N–H and O–H groups in total. The first-order valence-electron chi connectivity index (χ1n) is 7.29. The lowest BCUT2D eigenvalue weighted by Crippen LogP contribution is -2.13. The summed E-state index contributed by atoms with van der Waals surface area (Å²) >= 11 is 0. The van der Waals surface area contributed by atoms with Crippen LogP contribution in [0, 0.1) is 31.9 Å². The lowest BCUT2D eigenvalue weighted by Gasteiger charge is -2.01. The van der Waals surface area contributed by atoms with Crippen LogP contribution in [0.2, 0.25) is 0 Å². The van der Waals surface area contributed by atoms with Gasteiger partial charge in [-0.2, -0.15) is 0 Å². The van der Waals surface area contributed by atoms with Crippen molar-refractivity contribution < 1.29 is 27.8 Å². The molecule has 0 bridgehead atoms. The van der Waals surface area contributed by atoms with Crippen molar-refractivity contribution in [3.05, 3.63) is 73.8 Å². The molecule has 1 aromatic heterocycles. The molecule has 13 heteroatoms. The number of aromatic nitrogens is 2. The minimum atomic E-state index is -1.01. The summed E-state index contributed by atoms with van der Waals surface area (Å²) in [4.78, 5) is 32.2. The van der Waals surface area contributed by atoms with Crippen LogP contribution in [-0.2, 0) is 0 Å². The fourth-order valence-electron chi connectivity index (χ4n) is 2.15. The number of carbonyl (C=O) groups excluding carboxylic acids is 1. The van der Waals surface area contributed by atoms with Crippen LogP contribution >= 0.6 is 0 Å². The van der Waals surface area contributed by atoms with E-state index in [9.17, 15) is 33.8 Å². The average Bonchev–Trinajstić information content (AvgIpc) is 3.09. The molecule has 2 aromatic carbocycles. The van der Waals surface area contributed by atoms with Gasteiger partial charge in [-0.15, -0.1) is 5.10 Å². The quantitative estimate of drug-likeness (QED) is 0.514. The zero-order chi connectivity index (χ0) is 20.4. The molecule has 0 aliphatic rings. The molecule has 0 saturated carbocycles. The number of rotatable bonds is 5. The van der Waals surface area contributed by atoms with Gasteiger partial charge in [0, 0.05) is 18.2 Å².